The average molecular weight is 167 g/mol. The van der Waals surface area contributed by atoms with Gasteiger partial charge in [0.1, 0.15) is 0 Å². The number of hydrogen-bond acceptors (Lipinski definition) is 3. The highest BCUT2D eigenvalue weighted by atomic mass is 15.0. The molecular weight excluding hydrogens is 150 g/mol. The van der Waals surface area contributed by atoms with Crippen molar-refractivity contribution in [3.05, 3.63) is 11.9 Å². The van der Waals surface area contributed by atoms with Crippen LogP contribution in [0, 0.1) is 11.3 Å². The summed E-state index contributed by atoms with van der Waals surface area (Å²) in [5, 5.41) is 10.7. The molecule has 0 amide bonds. The van der Waals surface area contributed by atoms with E-state index in [9.17, 15) is 0 Å². The fraction of sp³-hybridized carbons (Fsp3) is 0.667. The van der Waals surface area contributed by atoms with E-state index in [1.807, 2.05) is 13.8 Å². The molecule has 0 heterocycles. The first kappa shape index (κ1) is 9.10. The van der Waals surface area contributed by atoms with Crippen molar-refractivity contribution in [3.63, 3.8) is 0 Å². The summed E-state index contributed by atoms with van der Waals surface area (Å²) < 4.78 is 0. The molecular formula is C9H17N3. The Morgan fingerprint density at radius 3 is 2.58 bits per heavy atom. The molecule has 4 N–H and O–H groups in total. The van der Waals surface area contributed by atoms with Crippen LogP contribution in [0.2, 0.25) is 0 Å². The number of allylic oxidation sites excluding steroid dienone is 1. The van der Waals surface area contributed by atoms with E-state index in [4.69, 9.17) is 11.1 Å². The van der Waals surface area contributed by atoms with Crippen LogP contribution < -0.4 is 11.1 Å². The maximum atomic E-state index is 7.54. The zero-order valence-corrected chi connectivity index (χ0v) is 7.72. The van der Waals surface area contributed by atoms with Gasteiger partial charge < -0.3 is 16.5 Å². The third-order valence-corrected chi connectivity index (χ3v) is 1.88. The van der Waals surface area contributed by atoms with Gasteiger partial charge in [-0.05, 0) is 24.8 Å². The lowest BCUT2D eigenvalue weighted by molar-refractivity contribution is 0.790. The summed E-state index contributed by atoms with van der Waals surface area (Å²) >= 11 is 0. The fourth-order valence-electron chi connectivity index (χ4n) is 0.839. The van der Waals surface area contributed by atoms with Crippen molar-refractivity contribution < 1.29 is 0 Å². The normalized spacial score (nSPS) is 18.1. The number of rotatable bonds is 4. The molecule has 0 unspecified atom stereocenters. The highest BCUT2D eigenvalue weighted by molar-refractivity contribution is 5.94. The number of nitrogens with two attached hydrogens (primary N) is 1. The summed E-state index contributed by atoms with van der Waals surface area (Å²) in [6.45, 7) is 3.98. The van der Waals surface area contributed by atoms with Crippen LogP contribution in [-0.4, -0.2) is 11.8 Å². The molecule has 1 aliphatic rings. The second kappa shape index (κ2) is 3.61. The molecule has 0 aliphatic heterocycles. The third kappa shape index (κ3) is 2.95. The first-order chi connectivity index (χ1) is 5.59. The van der Waals surface area contributed by atoms with Crippen molar-refractivity contribution in [1.82, 2.24) is 5.32 Å². The van der Waals surface area contributed by atoms with E-state index >= 15 is 0 Å². The molecule has 0 atom stereocenters. The van der Waals surface area contributed by atoms with Gasteiger partial charge in [-0.2, -0.15) is 0 Å². The third-order valence-electron chi connectivity index (χ3n) is 1.88. The minimum absolute atomic E-state index is 0.254. The van der Waals surface area contributed by atoms with Gasteiger partial charge in [-0.25, -0.2) is 0 Å². The zero-order chi connectivity index (χ0) is 9.14. The Kier molecular flexibility index (Phi) is 2.74. The smallest absolute Gasteiger partial charge is 0.0980 e. The van der Waals surface area contributed by atoms with Crippen LogP contribution in [-0.2, 0) is 0 Å². The summed E-state index contributed by atoms with van der Waals surface area (Å²) in [7, 11) is 0. The Balaban J connectivity index is 2.37. The molecule has 0 aromatic rings. The Hall–Kier alpha value is -0.990. The Bertz CT molecular complexity index is 202. The van der Waals surface area contributed by atoms with Crippen molar-refractivity contribution in [2.75, 3.05) is 0 Å². The number of nitrogens with one attached hydrogen (secondary N) is 2. The SMILES string of the molecule is CC(C)C(=N)/C=C(/N)NC1CC1. The predicted molar refractivity (Wildman–Crippen MR) is 51.0 cm³/mol. The Morgan fingerprint density at radius 2 is 2.17 bits per heavy atom. The molecule has 3 nitrogen and oxygen atoms in total. The average Bonchev–Trinajstić information content (AvgIpc) is 2.71. The molecule has 1 aliphatic carbocycles. The van der Waals surface area contributed by atoms with E-state index in [-0.39, 0.29) is 5.92 Å². The van der Waals surface area contributed by atoms with Gasteiger partial charge >= 0.3 is 0 Å². The molecule has 0 bridgehead atoms. The topological polar surface area (TPSA) is 61.9 Å². The van der Waals surface area contributed by atoms with Gasteiger partial charge in [-0.15, -0.1) is 0 Å². The fourth-order valence-corrected chi connectivity index (χ4v) is 0.839. The largest absolute Gasteiger partial charge is 0.385 e. The van der Waals surface area contributed by atoms with Crippen molar-refractivity contribution in [2.45, 2.75) is 32.7 Å². The van der Waals surface area contributed by atoms with Gasteiger partial charge in [0, 0.05) is 11.8 Å². The first-order valence-corrected chi connectivity index (χ1v) is 4.41. The number of hydrogen-bond donors (Lipinski definition) is 3. The van der Waals surface area contributed by atoms with Gasteiger partial charge in [-0.3, -0.25) is 0 Å². The molecule has 12 heavy (non-hydrogen) atoms. The van der Waals surface area contributed by atoms with Crippen LogP contribution in [0.5, 0.6) is 0 Å². The second-order valence-electron chi connectivity index (χ2n) is 3.63. The summed E-state index contributed by atoms with van der Waals surface area (Å²) in [5.74, 6) is 0.890. The molecule has 1 saturated carbocycles. The molecule has 3 heteroatoms. The molecule has 1 fully saturated rings. The van der Waals surface area contributed by atoms with Crippen molar-refractivity contribution in [2.24, 2.45) is 11.7 Å². The Labute approximate surface area is 73.5 Å². The Morgan fingerprint density at radius 1 is 1.58 bits per heavy atom. The lowest BCUT2D eigenvalue weighted by atomic mass is 10.1. The van der Waals surface area contributed by atoms with Gasteiger partial charge in [0.25, 0.3) is 0 Å². The molecule has 1 rings (SSSR count). The molecule has 0 spiro atoms. The van der Waals surface area contributed by atoms with Crippen molar-refractivity contribution >= 4 is 5.71 Å². The monoisotopic (exact) mass is 167 g/mol. The summed E-state index contributed by atoms with van der Waals surface area (Å²) in [5.41, 5.74) is 6.25. The molecule has 0 aromatic heterocycles. The van der Waals surface area contributed by atoms with E-state index < -0.39 is 0 Å². The lowest BCUT2D eigenvalue weighted by Gasteiger charge is -2.06. The molecule has 68 valence electrons. The second-order valence-corrected chi connectivity index (χ2v) is 3.63. The van der Waals surface area contributed by atoms with Gasteiger partial charge in [0.2, 0.25) is 0 Å². The van der Waals surface area contributed by atoms with Crippen LogP contribution in [0.15, 0.2) is 11.9 Å². The van der Waals surface area contributed by atoms with Gasteiger partial charge in [0.05, 0.1) is 5.82 Å². The van der Waals surface area contributed by atoms with Crippen LogP contribution >= 0.6 is 0 Å². The first-order valence-electron chi connectivity index (χ1n) is 4.41. The highest BCUT2D eigenvalue weighted by Gasteiger charge is 2.20. The lowest BCUT2D eigenvalue weighted by Crippen LogP contribution is -2.23. The van der Waals surface area contributed by atoms with E-state index in [0.717, 1.165) is 0 Å². The van der Waals surface area contributed by atoms with Crippen LogP contribution in [0.4, 0.5) is 0 Å². The minimum Gasteiger partial charge on any atom is -0.385 e. The van der Waals surface area contributed by atoms with Crippen LogP contribution in [0.3, 0.4) is 0 Å². The van der Waals surface area contributed by atoms with Gasteiger partial charge in [-0.1, -0.05) is 13.8 Å². The standard InChI is InChI=1S/C9H17N3/c1-6(2)8(10)5-9(11)12-7-3-4-7/h5-7,10,12H,3-4,11H2,1-2H3/b9-5-,10-8?. The summed E-state index contributed by atoms with van der Waals surface area (Å²) in [6.07, 6.45) is 4.14. The van der Waals surface area contributed by atoms with Crippen LogP contribution in [0.1, 0.15) is 26.7 Å². The molecule has 0 aromatic carbocycles. The quantitative estimate of drug-likeness (QED) is 0.551. The molecule has 0 saturated heterocycles. The maximum Gasteiger partial charge on any atom is 0.0980 e. The van der Waals surface area contributed by atoms with Gasteiger partial charge in [0.15, 0.2) is 0 Å². The summed E-state index contributed by atoms with van der Waals surface area (Å²) in [6, 6.07) is 0.571. The minimum atomic E-state index is 0.254. The van der Waals surface area contributed by atoms with Crippen LogP contribution in [0.25, 0.3) is 0 Å². The predicted octanol–water partition coefficient (Wildman–Crippen LogP) is 1.21. The summed E-state index contributed by atoms with van der Waals surface area (Å²) in [4.78, 5) is 0. The molecule has 0 radical (unpaired) electrons. The van der Waals surface area contributed by atoms with Crippen molar-refractivity contribution in [1.29, 1.82) is 5.41 Å². The van der Waals surface area contributed by atoms with E-state index in [0.29, 0.717) is 17.6 Å². The van der Waals surface area contributed by atoms with E-state index in [2.05, 4.69) is 5.32 Å². The van der Waals surface area contributed by atoms with E-state index in [1.165, 1.54) is 12.8 Å². The highest BCUT2D eigenvalue weighted by Crippen LogP contribution is 2.19. The zero-order valence-electron chi connectivity index (χ0n) is 7.72. The maximum absolute atomic E-state index is 7.54. The van der Waals surface area contributed by atoms with E-state index in [1.54, 1.807) is 6.08 Å². The van der Waals surface area contributed by atoms with Crippen molar-refractivity contribution in [3.8, 4) is 0 Å².